The molecule has 0 aliphatic heterocycles. The number of rotatable bonds is 7. The van der Waals surface area contributed by atoms with Crippen LogP contribution < -0.4 is 10.2 Å². The first-order valence-corrected chi connectivity index (χ1v) is 6.84. The zero-order valence-corrected chi connectivity index (χ0v) is 12.0. The van der Waals surface area contributed by atoms with Gasteiger partial charge in [0.25, 0.3) is 0 Å². The highest BCUT2D eigenvalue weighted by atomic mass is 19.1. The van der Waals surface area contributed by atoms with E-state index < -0.39 is 0 Å². The van der Waals surface area contributed by atoms with E-state index in [-0.39, 0.29) is 11.9 Å². The van der Waals surface area contributed by atoms with Gasteiger partial charge in [-0.3, -0.25) is 0 Å². The summed E-state index contributed by atoms with van der Waals surface area (Å²) in [7, 11) is 1.93. The van der Waals surface area contributed by atoms with Crippen molar-refractivity contribution in [3.05, 3.63) is 29.6 Å². The summed E-state index contributed by atoms with van der Waals surface area (Å²) in [5, 5.41) is 3.37. The van der Waals surface area contributed by atoms with Crippen LogP contribution in [-0.2, 0) is 0 Å². The summed E-state index contributed by atoms with van der Waals surface area (Å²) in [5.41, 5.74) is 1.69. The maximum absolute atomic E-state index is 14.0. The van der Waals surface area contributed by atoms with Crippen LogP contribution in [0.4, 0.5) is 10.1 Å². The van der Waals surface area contributed by atoms with Crippen molar-refractivity contribution in [2.45, 2.75) is 39.7 Å². The highest BCUT2D eigenvalue weighted by Crippen LogP contribution is 2.22. The zero-order valence-electron chi connectivity index (χ0n) is 12.0. The standard InChI is InChI=1S/C15H25FN2/c1-5-9-17-12(3)13-7-8-15(14(16)11-13)18(4)10-6-2/h7-8,11-12,17H,5-6,9-10H2,1-4H3. The van der Waals surface area contributed by atoms with E-state index in [1.165, 1.54) is 0 Å². The van der Waals surface area contributed by atoms with Crippen molar-refractivity contribution in [1.82, 2.24) is 5.32 Å². The van der Waals surface area contributed by atoms with Crippen molar-refractivity contribution < 1.29 is 4.39 Å². The number of anilines is 1. The topological polar surface area (TPSA) is 15.3 Å². The van der Waals surface area contributed by atoms with Crippen LogP contribution in [0.25, 0.3) is 0 Å². The Bertz CT molecular complexity index is 366. The second-order valence-electron chi connectivity index (χ2n) is 4.81. The summed E-state index contributed by atoms with van der Waals surface area (Å²) in [6.45, 7) is 8.13. The Kier molecular flexibility index (Phi) is 6.13. The minimum absolute atomic E-state index is 0.131. The molecule has 18 heavy (non-hydrogen) atoms. The monoisotopic (exact) mass is 252 g/mol. The molecule has 1 aromatic carbocycles. The molecule has 0 amide bonds. The molecule has 0 heterocycles. The average molecular weight is 252 g/mol. The average Bonchev–Trinajstić information content (AvgIpc) is 2.35. The first-order chi connectivity index (χ1) is 8.60. The summed E-state index contributed by atoms with van der Waals surface area (Å²) in [6, 6.07) is 5.74. The molecule has 2 nitrogen and oxygen atoms in total. The normalized spacial score (nSPS) is 12.5. The van der Waals surface area contributed by atoms with Crippen molar-refractivity contribution in [2.75, 3.05) is 25.0 Å². The Morgan fingerprint density at radius 1 is 1.28 bits per heavy atom. The summed E-state index contributed by atoms with van der Waals surface area (Å²) in [6.07, 6.45) is 2.11. The Hall–Kier alpha value is -1.09. The van der Waals surface area contributed by atoms with Crippen LogP contribution in [0.3, 0.4) is 0 Å². The first-order valence-electron chi connectivity index (χ1n) is 6.84. The van der Waals surface area contributed by atoms with Crippen molar-refractivity contribution in [3.63, 3.8) is 0 Å². The Balaban J connectivity index is 2.78. The Morgan fingerprint density at radius 3 is 2.56 bits per heavy atom. The molecule has 1 aromatic rings. The fourth-order valence-electron chi connectivity index (χ4n) is 2.04. The van der Waals surface area contributed by atoms with Gasteiger partial charge < -0.3 is 10.2 Å². The number of nitrogens with zero attached hydrogens (tertiary/aromatic N) is 1. The van der Waals surface area contributed by atoms with Gasteiger partial charge in [-0.05, 0) is 44.0 Å². The van der Waals surface area contributed by atoms with Crippen molar-refractivity contribution >= 4 is 5.69 Å². The summed E-state index contributed by atoms with van der Waals surface area (Å²) >= 11 is 0. The van der Waals surface area contributed by atoms with Crippen LogP contribution in [-0.4, -0.2) is 20.1 Å². The van der Waals surface area contributed by atoms with Gasteiger partial charge in [0.2, 0.25) is 0 Å². The molecular weight excluding hydrogens is 227 g/mol. The van der Waals surface area contributed by atoms with Crippen LogP contribution in [0.15, 0.2) is 18.2 Å². The van der Waals surface area contributed by atoms with Crippen LogP contribution in [0.2, 0.25) is 0 Å². The van der Waals surface area contributed by atoms with E-state index in [1.54, 1.807) is 6.07 Å². The SMILES string of the molecule is CCCNC(C)c1ccc(N(C)CCC)c(F)c1. The fourth-order valence-corrected chi connectivity index (χ4v) is 2.04. The van der Waals surface area contributed by atoms with Gasteiger partial charge in [0.05, 0.1) is 5.69 Å². The quantitative estimate of drug-likeness (QED) is 0.795. The van der Waals surface area contributed by atoms with E-state index in [1.807, 2.05) is 24.1 Å². The molecule has 0 aliphatic carbocycles. The van der Waals surface area contributed by atoms with E-state index in [9.17, 15) is 4.39 Å². The van der Waals surface area contributed by atoms with Crippen LogP contribution in [0.5, 0.6) is 0 Å². The molecule has 3 heteroatoms. The van der Waals surface area contributed by atoms with Gasteiger partial charge in [0.15, 0.2) is 0 Å². The number of hydrogen-bond donors (Lipinski definition) is 1. The maximum atomic E-state index is 14.0. The minimum atomic E-state index is -0.131. The van der Waals surface area contributed by atoms with Gasteiger partial charge in [0, 0.05) is 19.6 Å². The van der Waals surface area contributed by atoms with E-state index >= 15 is 0 Å². The van der Waals surface area contributed by atoms with Crippen LogP contribution in [0.1, 0.15) is 45.2 Å². The lowest BCUT2D eigenvalue weighted by molar-refractivity contribution is 0.561. The molecule has 1 unspecified atom stereocenters. The van der Waals surface area contributed by atoms with Gasteiger partial charge in [-0.2, -0.15) is 0 Å². The molecule has 1 N–H and O–H groups in total. The van der Waals surface area contributed by atoms with Gasteiger partial charge >= 0.3 is 0 Å². The minimum Gasteiger partial charge on any atom is -0.372 e. The van der Waals surface area contributed by atoms with Crippen molar-refractivity contribution in [2.24, 2.45) is 0 Å². The van der Waals surface area contributed by atoms with E-state index in [4.69, 9.17) is 0 Å². The Morgan fingerprint density at radius 2 is 2.00 bits per heavy atom. The summed E-state index contributed by atoms with van der Waals surface area (Å²) in [4.78, 5) is 1.96. The third-order valence-electron chi connectivity index (χ3n) is 3.14. The van der Waals surface area contributed by atoms with E-state index in [2.05, 4.69) is 26.1 Å². The second-order valence-corrected chi connectivity index (χ2v) is 4.81. The predicted molar refractivity (Wildman–Crippen MR) is 76.7 cm³/mol. The van der Waals surface area contributed by atoms with Crippen LogP contribution in [0, 0.1) is 5.82 Å². The van der Waals surface area contributed by atoms with Gasteiger partial charge in [-0.15, -0.1) is 0 Å². The molecule has 0 aliphatic rings. The molecule has 0 aromatic heterocycles. The van der Waals surface area contributed by atoms with Gasteiger partial charge in [-0.25, -0.2) is 4.39 Å². The largest absolute Gasteiger partial charge is 0.372 e. The highest BCUT2D eigenvalue weighted by Gasteiger charge is 2.10. The third-order valence-corrected chi connectivity index (χ3v) is 3.14. The lowest BCUT2D eigenvalue weighted by atomic mass is 10.1. The Labute approximate surface area is 110 Å². The zero-order chi connectivity index (χ0) is 13.5. The predicted octanol–water partition coefficient (Wildman–Crippen LogP) is 3.73. The first kappa shape index (κ1) is 15.0. The molecule has 102 valence electrons. The number of halogens is 1. The van der Waals surface area contributed by atoms with Crippen molar-refractivity contribution in [1.29, 1.82) is 0 Å². The van der Waals surface area contributed by atoms with Gasteiger partial charge in [0.1, 0.15) is 5.82 Å². The lowest BCUT2D eigenvalue weighted by Crippen LogP contribution is -2.21. The highest BCUT2D eigenvalue weighted by molar-refractivity contribution is 5.48. The van der Waals surface area contributed by atoms with E-state index in [0.29, 0.717) is 5.69 Å². The summed E-state index contributed by atoms with van der Waals surface area (Å²) in [5.74, 6) is -0.131. The van der Waals surface area contributed by atoms with E-state index in [0.717, 1.165) is 31.5 Å². The molecule has 0 saturated heterocycles. The number of nitrogens with one attached hydrogen (secondary N) is 1. The maximum Gasteiger partial charge on any atom is 0.146 e. The second kappa shape index (κ2) is 7.37. The molecule has 0 bridgehead atoms. The lowest BCUT2D eigenvalue weighted by Gasteiger charge is -2.21. The van der Waals surface area contributed by atoms with Crippen molar-refractivity contribution in [3.8, 4) is 0 Å². The molecular formula is C15H25FN2. The molecule has 0 spiro atoms. The van der Waals surface area contributed by atoms with Crippen LogP contribution >= 0.6 is 0 Å². The summed E-state index contributed by atoms with van der Waals surface area (Å²) < 4.78 is 14.0. The molecule has 0 saturated carbocycles. The molecule has 1 atom stereocenters. The fraction of sp³-hybridized carbons (Fsp3) is 0.600. The molecule has 1 rings (SSSR count). The molecule has 0 radical (unpaired) electrons. The number of benzene rings is 1. The van der Waals surface area contributed by atoms with Gasteiger partial charge in [-0.1, -0.05) is 19.9 Å². The third kappa shape index (κ3) is 3.98. The number of hydrogen-bond acceptors (Lipinski definition) is 2. The molecule has 0 fully saturated rings. The smallest absolute Gasteiger partial charge is 0.146 e.